The third-order valence-electron chi connectivity index (χ3n) is 4.81. The largest absolute Gasteiger partial charge is 0.493 e. The van der Waals surface area contributed by atoms with Crippen molar-refractivity contribution in [3.8, 4) is 23.0 Å². The van der Waals surface area contributed by atoms with Crippen LogP contribution in [-0.4, -0.2) is 32.4 Å². The number of rotatable bonds is 6. The van der Waals surface area contributed by atoms with Crippen LogP contribution in [0.25, 0.3) is 0 Å². The number of benzene rings is 3. The van der Waals surface area contributed by atoms with Crippen LogP contribution in [0.1, 0.15) is 17.2 Å². The normalized spacial score (nSPS) is 17.2. The predicted molar refractivity (Wildman–Crippen MR) is 116 cm³/mol. The number of carbonyl (C=O) groups excluding carboxylic acids is 1. The molecule has 31 heavy (non-hydrogen) atoms. The number of fused-ring (bicyclic) bond motifs is 1. The first-order valence-electron chi connectivity index (χ1n) is 9.72. The van der Waals surface area contributed by atoms with E-state index >= 15 is 0 Å². The molecule has 0 unspecified atom stereocenters. The van der Waals surface area contributed by atoms with E-state index in [1.54, 1.807) is 38.5 Å². The van der Waals surface area contributed by atoms with Gasteiger partial charge in [0.1, 0.15) is 0 Å². The summed E-state index contributed by atoms with van der Waals surface area (Å²) in [5.74, 6) is 1.87. The number of hydrazone groups is 1. The van der Waals surface area contributed by atoms with Gasteiger partial charge in [-0.3, -0.25) is 4.79 Å². The molecule has 7 heteroatoms. The minimum Gasteiger partial charge on any atom is -0.493 e. The van der Waals surface area contributed by atoms with E-state index in [1.807, 2.05) is 48.5 Å². The first kappa shape index (κ1) is 20.3. The summed E-state index contributed by atoms with van der Waals surface area (Å²) in [4.78, 5) is 12.9. The molecular formula is C24H22N2O5. The SMILES string of the molecule is COc1ccc(/C=N\NC(=O)[C@@H]2Oc3ccccc3O[C@H]2c2ccccc2)cc1OC. The van der Waals surface area contributed by atoms with Crippen LogP contribution in [0.2, 0.25) is 0 Å². The summed E-state index contributed by atoms with van der Waals surface area (Å²) < 4.78 is 22.6. The molecule has 1 amide bonds. The van der Waals surface area contributed by atoms with Gasteiger partial charge in [0.05, 0.1) is 20.4 Å². The molecule has 4 rings (SSSR count). The van der Waals surface area contributed by atoms with Gasteiger partial charge in [-0.05, 0) is 41.5 Å². The molecule has 0 bridgehead atoms. The smallest absolute Gasteiger partial charge is 0.285 e. The Labute approximate surface area is 180 Å². The molecule has 7 nitrogen and oxygen atoms in total. The molecule has 158 valence electrons. The average molecular weight is 418 g/mol. The Balaban J connectivity index is 1.52. The van der Waals surface area contributed by atoms with Gasteiger partial charge in [-0.25, -0.2) is 5.43 Å². The molecule has 2 atom stereocenters. The van der Waals surface area contributed by atoms with E-state index in [1.165, 1.54) is 6.21 Å². The lowest BCUT2D eigenvalue weighted by Crippen LogP contribution is -2.44. The highest BCUT2D eigenvalue weighted by atomic mass is 16.6. The van der Waals surface area contributed by atoms with Gasteiger partial charge in [-0.1, -0.05) is 42.5 Å². The molecule has 0 aliphatic carbocycles. The molecule has 0 fully saturated rings. The van der Waals surface area contributed by atoms with E-state index in [2.05, 4.69) is 10.5 Å². The zero-order valence-electron chi connectivity index (χ0n) is 17.1. The maximum atomic E-state index is 12.9. The fourth-order valence-electron chi connectivity index (χ4n) is 3.29. The van der Waals surface area contributed by atoms with Crippen LogP contribution in [0.5, 0.6) is 23.0 Å². The Morgan fingerprint density at radius 2 is 1.58 bits per heavy atom. The minimum absolute atomic E-state index is 0.417. The fourth-order valence-corrected chi connectivity index (χ4v) is 3.29. The van der Waals surface area contributed by atoms with Gasteiger partial charge in [0.25, 0.3) is 5.91 Å². The number of nitrogens with zero attached hydrogens (tertiary/aromatic N) is 1. The number of carbonyl (C=O) groups is 1. The second-order valence-corrected chi connectivity index (χ2v) is 6.78. The van der Waals surface area contributed by atoms with Crippen LogP contribution >= 0.6 is 0 Å². The van der Waals surface area contributed by atoms with Crippen LogP contribution in [-0.2, 0) is 4.79 Å². The quantitative estimate of drug-likeness (QED) is 0.487. The third kappa shape index (κ3) is 4.45. The van der Waals surface area contributed by atoms with E-state index in [4.69, 9.17) is 18.9 Å². The van der Waals surface area contributed by atoms with E-state index in [-0.39, 0.29) is 0 Å². The van der Waals surface area contributed by atoms with Crippen molar-refractivity contribution in [2.24, 2.45) is 5.10 Å². The van der Waals surface area contributed by atoms with Crippen LogP contribution in [0.4, 0.5) is 0 Å². The lowest BCUT2D eigenvalue weighted by Gasteiger charge is -2.32. The van der Waals surface area contributed by atoms with E-state index in [0.717, 1.165) is 11.1 Å². The highest BCUT2D eigenvalue weighted by Gasteiger charge is 2.38. The molecule has 1 N–H and O–H groups in total. The van der Waals surface area contributed by atoms with Crippen molar-refractivity contribution in [1.82, 2.24) is 5.43 Å². The Morgan fingerprint density at radius 3 is 2.29 bits per heavy atom. The van der Waals surface area contributed by atoms with E-state index < -0.39 is 18.1 Å². The highest BCUT2D eigenvalue weighted by Crippen LogP contribution is 2.39. The molecule has 3 aromatic rings. The standard InChI is InChI=1S/C24H22N2O5/c1-28-18-13-12-16(14-21(18)29-2)15-25-26-24(27)23-22(17-8-4-3-5-9-17)30-19-10-6-7-11-20(19)31-23/h3-15,22-23H,1-2H3,(H,26,27)/b25-15-/t22-,23+/m0/s1. The number of amides is 1. The zero-order valence-corrected chi connectivity index (χ0v) is 17.1. The van der Waals surface area contributed by atoms with E-state index in [0.29, 0.717) is 23.0 Å². The zero-order chi connectivity index (χ0) is 21.6. The summed E-state index contributed by atoms with van der Waals surface area (Å²) in [6.45, 7) is 0. The molecule has 0 radical (unpaired) electrons. The van der Waals surface area contributed by atoms with Crippen molar-refractivity contribution in [3.05, 3.63) is 83.9 Å². The second kappa shape index (κ2) is 9.21. The third-order valence-corrected chi connectivity index (χ3v) is 4.81. The summed E-state index contributed by atoms with van der Waals surface area (Å²) in [7, 11) is 3.13. The average Bonchev–Trinajstić information content (AvgIpc) is 2.83. The topological polar surface area (TPSA) is 78.4 Å². The van der Waals surface area contributed by atoms with Crippen molar-refractivity contribution in [1.29, 1.82) is 0 Å². The fraction of sp³-hybridized carbons (Fsp3) is 0.167. The van der Waals surface area contributed by atoms with Crippen LogP contribution in [0, 0.1) is 0 Å². The van der Waals surface area contributed by atoms with Crippen molar-refractivity contribution in [2.75, 3.05) is 14.2 Å². The Hall–Kier alpha value is -4.00. The summed E-state index contributed by atoms with van der Waals surface area (Å²) >= 11 is 0. The van der Waals surface area contributed by atoms with Gasteiger partial charge in [0.2, 0.25) is 6.10 Å². The predicted octanol–water partition coefficient (Wildman–Crippen LogP) is 3.74. The van der Waals surface area contributed by atoms with Crippen molar-refractivity contribution >= 4 is 12.1 Å². The monoisotopic (exact) mass is 418 g/mol. The number of hydrogen-bond acceptors (Lipinski definition) is 6. The number of hydrogen-bond donors (Lipinski definition) is 1. The molecule has 0 saturated heterocycles. The van der Waals surface area contributed by atoms with Crippen molar-refractivity contribution < 1.29 is 23.7 Å². The van der Waals surface area contributed by atoms with Gasteiger partial charge < -0.3 is 18.9 Å². The van der Waals surface area contributed by atoms with Crippen LogP contribution < -0.4 is 24.4 Å². The van der Waals surface area contributed by atoms with Crippen molar-refractivity contribution in [3.63, 3.8) is 0 Å². The summed E-state index contributed by atoms with van der Waals surface area (Å²) in [6.07, 6.45) is 0.0156. The first-order valence-corrected chi connectivity index (χ1v) is 9.72. The number of ether oxygens (including phenoxy) is 4. The summed E-state index contributed by atoms with van der Waals surface area (Å²) in [5.41, 5.74) is 4.12. The molecule has 3 aromatic carbocycles. The maximum Gasteiger partial charge on any atom is 0.285 e. The number of nitrogens with one attached hydrogen (secondary N) is 1. The van der Waals surface area contributed by atoms with Gasteiger partial charge in [0, 0.05) is 0 Å². The molecule has 1 heterocycles. The van der Waals surface area contributed by atoms with Gasteiger partial charge in [-0.2, -0.15) is 5.10 Å². The van der Waals surface area contributed by atoms with Crippen molar-refractivity contribution in [2.45, 2.75) is 12.2 Å². The van der Waals surface area contributed by atoms with Crippen LogP contribution in [0.15, 0.2) is 77.9 Å². The molecule has 1 aliphatic rings. The maximum absolute atomic E-state index is 12.9. The molecule has 0 aromatic heterocycles. The van der Waals surface area contributed by atoms with Gasteiger partial charge >= 0.3 is 0 Å². The number of methoxy groups -OCH3 is 2. The molecule has 0 saturated carbocycles. The summed E-state index contributed by atoms with van der Waals surface area (Å²) in [6, 6.07) is 22.1. The molecule has 1 aliphatic heterocycles. The minimum atomic E-state index is -0.903. The Bertz CT molecular complexity index is 1080. The highest BCUT2D eigenvalue weighted by molar-refractivity contribution is 5.86. The van der Waals surface area contributed by atoms with Gasteiger partial charge in [0.15, 0.2) is 29.1 Å². The molecule has 0 spiro atoms. The lowest BCUT2D eigenvalue weighted by molar-refractivity contribution is -0.134. The van der Waals surface area contributed by atoms with Gasteiger partial charge in [-0.15, -0.1) is 0 Å². The second-order valence-electron chi connectivity index (χ2n) is 6.78. The van der Waals surface area contributed by atoms with E-state index in [9.17, 15) is 4.79 Å². The first-order chi connectivity index (χ1) is 15.2. The van der Waals surface area contributed by atoms with Crippen LogP contribution in [0.3, 0.4) is 0 Å². The molecular weight excluding hydrogens is 396 g/mol. The Kier molecular flexibility index (Phi) is 6.03. The Morgan fingerprint density at radius 1 is 0.903 bits per heavy atom. The summed E-state index contributed by atoms with van der Waals surface area (Å²) in [5, 5.41) is 4.08. The number of para-hydroxylation sites is 2. The lowest BCUT2D eigenvalue weighted by atomic mass is 10.0.